The SMILES string of the molecule is COc1ccc2nccc(C(F)CC[C@@H]3CCN(CCCc4sccc4C)C[C@@H]3CC(=O)O)c2c1. The number of aromatic nitrogens is 1. The molecule has 2 aromatic heterocycles. The van der Waals surface area contributed by atoms with Gasteiger partial charge in [0.1, 0.15) is 11.9 Å². The second-order valence-electron chi connectivity index (χ2n) is 9.67. The van der Waals surface area contributed by atoms with E-state index in [1.54, 1.807) is 19.4 Å². The average molecular weight is 499 g/mol. The van der Waals surface area contributed by atoms with Crippen molar-refractivity contribution < 1.29 is 19.0 Å². The van der Waals surface area contributed by atoms with Crippen molar-refractivity contribution in [2.75, 3.05) is 26.7 Å². The van der Waals surface area contributed by atoms with Crippen LogP contribution in [0.25, 0.3) is 10.9 Å². The van der Waals surface area contributed by atoms with Gasteiger partial charge in [-0.25, -0.2) is 4.39 Å². The zero-order valence-electron chi connectivity index (χ0n) is 20.6. The van der Waals surface area contributed by atoms with Crippen LogP contribution in [0.5, 0.6) is 5.75 Å². The highest BCUT2D eigenvalue weighted by Crippen LogP contribution is 2.36. The number of methoxy groups -OCH3 is 1. The average Bonchev–Trinajstić information content (AvgIpc) is 3.26. The highest BCUT2D eigenvalue weighted by molar-refractivity contribution is 7.10. The molecule has 4 rings (SSSR count). The van der Waals surface area contributed by atoms with Crippen molar-refractivity contribution in [2.45, 2.75) is 51.6 Å². The van der Waals surface area contributed by atoms with E-state index in [4.69, 9.17) is 4.74 Å². The normalized spacial score (nSPS) is 19.6. The smallest absolute Gasteiger partial charge is 0.303 e. The van der Waals surface area contributed by atoms with E-state index in [2.05, 4.69) is 28.3 Å². The molecule has 0 amide bonds. The number of fused-ring (bicyclic) bond motifs is 1. The molecular formula is C28H35FN2O3S. The Hall–Kier alpha value is -2.51. The summed E-state index contributed by atoms with van der Waals surface area (Å²) in [6.45, 7) is 4.88. The lowest BCUT2D eigenvalue weighted by molar-refractivity contribution is -0.139. The first kappa shape index (κ1) is 25.6. The van der Waals surface area contributed by atoms with Gasteiger partial charge in [-0.1, -0.05) is 0 Å². The largest absolute Gasteiger partial charge is 0.497 e. The number of alkyl halides is 1. The second kappa shape index (κ2) is 12.0. The summed E-state index contributed by atoms with van der Waals surface area (Å²) in [6.07, 6.45) is 4.83. The monoisotopic (exact) mass is 498 g/mol. The Morgan fingerprint density at radius 2 is 2.17 bits per heavy atom. The number of hydrogen-bond acceptors (Lipinski definition) is 5. The van der Waals surface area contributed by atoms with E-state index in [9.17, 15) is 9.90 Å². The van der Waals surface area contributed by atoms with Crippen molar-refractivity contribution in [2.24, 2.45) is 11.8 Å². The number of thiophene rings is 1. The van der Waals surface area contributed by atoms with Gasteiger partial charge in [-0.3, -0.25) is 9.78 Å². The van der Waals surface area contributed by atoms with Crippen LogP contribution in [0.3, 0.4) is 0 Å². The molecule has 188 valence electrons. The van der Waals surface area contributed by atoms with Gasteiger partial charge in [0.25, 0.3) is 0 Å². The summed E-state index contributed by atoms with van der Waals surface area (Å²) in [6, 6.07) is 9.44. The molecule has 1 N–H and O–H groups in total. The van der Waals surface area contributed by atoms with E-state index in [1.165, 1.54) is 10.4 Å². The maximum atomic E-state index is 15.5. The second-order valence-corrected chi connectivity index (χ2v) is 10.7. The molecule has 1 saturated heterocycles. The molecule has 3 aromatic rings. The molecule has 35 heavy (non-hydrogen) atoms. The number of carboxylic acid groups (broad SMARTS) is 1. The highest BCUT2D eigenvalue weighted by Gasteiger charge is 2.31. The molecule has 0 aliphatic carbocycles. The molecular weight excluding hydrogens is 463 g/mol. The number of aliphatic carboxylic acids is 1. The van der Waals surface area contributed by atoms with Crippen LogP contribution in [-0.2, 0) is 11.2 Å². The lowest BCUT2D eigenvalue weighted by Gasteiger charge is -2.38. The Bertz CT molecular complexity index is 1130. The number of pyridine rings is 1. The first-order valence-corrected chi connectivity index (χ1v) is 13.4. The van der Waals surface area contributed by atoms with Crippen molar-refractivity contribution in [1.82, 2.24) is 9.88 Å². The number of nitrogens with zero attached hydrogens (tertiary/aromatic N) is 2. The molecule has 0 spiro atoms. The lowest BCUT2D eigenvalue weighted by atomic mass is 9.79. The summed E-state index contributed by atoms with van der Waals surface area (Å²) in [5, 5.41) is 12.4. The fourth-order valence-corrected chi connectivity index (χ4v) is 6.33. The van der Waals surface area contributed by atoms with Crippen LogP contribution in [0.1, 0.15) is 54.3 Å². The van der Waals surface area contributed by atoms with Crippen molar-refractivity contribution in [3.05, 3.63) is 57.9 Å². The number of likely N-dealkylation sites (tertiary alicyclic amines) is 1. The van der Waals surface area contributed by atoms with Gasteiger partial charge in [-0.2, -0.15) is 0 Å². The van der Waals surface area contributed by atoms with Crippen LogP contribution >= 0.6 is 11.3 Å². The molecule has 1 aliphatic rings. The van der Waals surface area contributed by atoms with Crippen LogP contribution in [0, 0.1) is 18.8 Å². The van der Waals surface area contributed by atoms with Gasteiger partial charge in [-0.05, 0) is 111 Å². The van der Waals surface area contributed by atoms with Gasteiger partial charge in [-0.15, -0.1) is 11.3 Å². The van der Waals surface area contributed by atoms with E-state index in [0.717, 1.165) is 49.8 Å². The third kappa shape index (κ3) is 6.58. The van der Waals surface area contributed by atoms with Crippen LogP contribution in [-0.4, -0.2) is 47.7 Å². The van der Waals surface area contributed by atoms with Crippen LogP contribution in [0.2, 0.25) is 0 Å². The number of piperidine rings is 1. The number of aryl methyl sites for hydroxylation is 2. The number of benzene rings is 1. The first-order chi connectivity index (χ1) is 16.9. The summed E-state index contributed by atoms with van der Waals surface area (Å²) in [5.74, 6) is 0.205. The number of rotatable bonds is 11. The Kier molecular flexibility index (Phi) is 8.74. The van der Waals surface area contributed by atoms with Gasteiger partial charge >= 0.3 is 5.97 Å². The summed E-state index contributed by atoms with van der Waals surface area (Å²) >= 11 is 1.81. The first-order valence-electron chi connectivity index (χ1n) is 12.5. The lowest BCUT2D eigenvalue weighted by Crippen LogP contribution is -2.42. The van der Waals surface area contributed by atoms with Crippen LogP contribution in [0.4, 0.5) is 4.39 Å². The Morgan fingerprint density at radius 1 is 1.31 bits per heavy atom. The molecule has 0 bridgehead atoms. The van der Waals surface area contributed by atoms with E-state index < -0.39 is 12.1 Å². The fraction of sp³-hybridized carbons (Fsp3) is 0.500. The van der Waals surface area contributed by atoms with E-state index in [0.29, 0.717) is 24.2 Å². The summed E-state index contributed by atoms with van der Waals surface area (Å²) in [7, 11) is 1.60. The van der Waals surface area contributed by atoms with Crippen LogP contribution in [0.15, 0.2) is 41.9 Å². The molecule has 3 atom stereocenters. The van der Waals surface area contributed by atoms with Crippen molar-refractivity contribution >= 4 is 28.2 Å². The molecule has 1 aromatic carbocycles. The molecule has 5 nitrogen and oxygen atoms in total. The van der Waals surface area contributed by atoms with Crippen molar-refractivity contribution in [1.29, 1.82) is 0 Å². The zero-order valence-corrected chi connectivity index (χ0v) is 21.4. The number of ether oxygens (including phenoxy) is 1. The number of halogens is 1. The fourth-order valence-electron chi connectivity index (χ4n) is 5.38. The molecule has 1 unspecified atom stereocenters. The molecule has 3 heterocycles. The van der Waals surface area contributed by atoms with E-state index in [1.807, 2.05) is 29.5 Å². The predicted octanol–water partition coefficient (Wildman–Crippen LogP) is 6.45. The summed E-state index contributed by atoms with van der Waals surface area (Å²) < 4.78 is 20.8. The summed E-state index contributed by atoms with van der Waals surface area (Å²) in [4.78, 5) is 19.8. The minimum Gasteiger partial charge on any atom is -0.497 e. The van der Waals surface area contributed by atoms with Gasteiger partial charge in [0, 0.05) is 29.4 Å². The quantitative estimate of drug-likeness (QED) is 0.329. The number of carbonyl (C=O) groups is 1. The van der Waals surface area contributed by atoms with Gasteiger partial charge in [0.05, 0.1) is 12.6 Å². The van der Waals surface area contributed by atoms with Crippen molar-refractivity contribution in [3.8, 4) is 5.75 Å². The standard InChI is InChI=1S/C28H35FN2O3S/c1-19-11-15-35-27(19)4-3-13-31-14-10-20(21(18-31)16-28(32)33)5-7-25(29)23-9-12-30-26-8-6-22(34-2)17-24(23)26/h6,8-9,11-12,15,17,20-21,25H,3-5,7,10,13-14,16,18H2,1-2H3,(H,32,33)/t20-,21+,25?/m1/s1. The molecule has 1 aliphatic heterocycles. The van der Waals surface area contributed by atoms with E-state index in [-0.39, 0.29) is 18.3 Å². The van der Waals surface area contributed by atoms with Gasteiger partial charge in [0.2, 0.25) is 0 Å². The molecule has 7 heteroatoms. The Labute approximate surface area is 210 Å². The van der Waals surface area contributed by atoms with E-state index >= 15 is 4.39 Å². The highest BCUT2D eigenvalue weighted by atomic mass is 32.1. The van der Waals surface area contributed by atoms with Crippen LogP contribution < -0.4 is 4.74 Å². The van der Waals surface area contributed by atoms with Crippen molar-refractivity contribution in [3.63, 3.8) is 0 Å². The minimum absolute atomic E-state index is 0.0613. The predicted molar refractivity (Wildman–Crippen MR) is 139 cm³/mol. The molecule has 0 saturated carbocycles. The molecule has 0 radical (unpaired) electrons. The maximum absolute atomic E-state index is 15.5. The van der Waals surface area contributed by atoms with Gasteiger partial charge in [0.15, 0.2) is 0 Å². The van der Waals surface area contributed by atoms with Gasteiger partial charge < -0.3 is 14.7 Å². The third-order valence-electron chi connectivity index (χ3n) is 7.37. The Morgan fingerprint density at radius 3 is 2.91 bits per heavy atom. The number of carboxylic acids is 1. The maximum Gasteiger partial charge on any atom is 0.303 e. The zero-order chi connectivity index (χ0) is 24.8. The molecule has 1 fully saturated rings. The minimum atomic E-state index is -1.12. The Balaban J connectivity index is 1.35. The third-order valence-corrected chi connectivity index (χ3v) is 8.45. The summed E-state index contributed by atoms with van der Waals surface area (Å²) in [5.41, 5.74) is 2.74. The number of hydrogen-bond donors (Lipinski definition) is 1. The topological polar surface area (TPSA) is 62.7 Å².